The van der Waals surface area contributed by atoms with Gasteiger partial charge < -0.3 is 10.2 Å². The van der Waals surface area contributed by atoms with Gasteiger partial charge in [-0.2, -0.15) is 0 Å². The first kappa shape index (κ1) is 13.1. The van der Waals surface area contributed by atoms with Gasteiger partial charge in [-0.3, -0.25) is 4.98 Å². The van der Waals surface area contributed by atoms with Crippen molar-refractivity contribution >= 4 is 6.03 Å². The number of rotatable bonds is 4. The number of nitrogens with one attached hydrogen (secondary N) is 1. The molecule has 0 bridgehead atoms. The normalized spacial score (nSPS) is 9.95. The van der Waals surface area contributed by atoms with Gasteiger partial charge in [0.25, 0.3) is 0 Å². The summed E-state index contributed by atoms with van der Waals surface area (Å²) >= 11 is 0. The van der Waals surface area contributed by atoms with Gasteiger partial charge in [0.15, 0.2) is 0 Å². The van der Waals surface area contributed by atoms with Crippen LogP contribution in [0.15, 0.2) is 54.9 Å². The van der Waals surface area contributed by atoms with Crippen LogP contribution in [0.5, 0.6) is 0 Å². The molecule has 1 heterocycles. The molecule has 0 radical (unpaired) electrons. The summed E-state index contributed by atoms with van der Waals surface area (Å²) < 4.78 is 0. The van der Waals surface area contributed by atoms with Crippen molar-refractivity contribution in [3.63, 3.8) is 0 Å². The maximum Gasteiger partial charge on any atom is 0.317 e. The van der Waals surface area contributed by atoms with E-state index in [1.54, 1.807) is 24.3 Å². The SMILES string of the molecule is CN(Cc1cccnc1)C(=O)NCc1ccccc1. The molecule has 0 aliphatic carbocycles. The topological polar surface area (TPSA) is 45.2 Å². The minimum Gasteiger partial charge on any atom is -0.334 e. The second-order valence-electron chi connectivity index (χ2n) is 4.36. The van der Waals surface area contributed by atoms with Crippen LogP contribution in [0.4, 0.5) is 4.79 Å². The predicted molar refractivity (Wildman–Crippen MR) is 74.4 cm³/mol. The van der Waals surface area contributed by atoms with Gasteiger partial charge in [-0.15, -0.1) is 0 Å². The van der Waals surface area contributed by atoms with Crippen LogP contribution in [0.1, 0.15) is 11.1 Å². The molecular weight excluding hydrogens is 238 g/mol. The number of carbonyl (C=O) groups is 1. The Bertz CT molecular complexity index is 513. The first-order valence-corrected chi connectivity index (χ1v) is 6.17. The molecule has 19 heavy (non-hydrogen) atoms. The largest absolute Gasteiger partial charge is 0.334 e. The number of nitrogens with zero attached hydrogens (tertiary/aromatic N) is 2. The van der Waals surface area contributed by atoms with Gasteiger partial charge in [0.2, 0.25) is 0 Å². The Morgan fingerprint density at radius 2 is 1.89 bits per heavy atom. The lowest BCUT2D eigenvalue weighted by Gasteiger charge is -2.17. The van der Waals surface area contributed by atoms with Crippen LogP contribution in [0.3, 0.4) is 0 Å². The van der Waals surface area contributed by atoms with Crippen molar-refractivity contribution in [2.75, 3.05) is 7.05 Å². The second-order valence-corrected chi connectivity index (χ2v) is 4.36. The third-order valence-corrected chi connectivity index (χ3v) is 2.78. The van der Waals surface area contributed by atoms with Gasteiger partial charge in [0, 0.05) is 32.5 Å². The highest BCUT2D eigenvalue weighted by Gasteiger charge is 2.08. The predicted octanol–water partition coefficient (Wildman–Crippen LogP) is 2.42. The maximum atomic E-state index is 11.9. The Balaban J connectivity index is 1.83. The van der Waals surface area contributed by atoms with E-state index in [1.807, 2.05) is 42.5 Å². The van der Waals surface area contributed by atoms with Crippen molar-refractivity contribution in [2.45, 2.75) is 13.1 Å². The van der Waals surface area contributed by atoms with E-state index in [-0.39, 0.29) is 6.03 Å². The first-order chi connectivity index (χ1) is 9.25. The van der Waals surface area contributed by atoms with Gasteiger partial charge in [0.1, 0.15) is 0 Å². The van der Waals surface area contributed by atoms with E-state index in [9.17, 15) is 4.79 Å². The van der Waals surface area contributed by atoms with E-state index in [0.29, 0.717) is 13.1 Å². The lowest BCUT2D eigenvalue weighted by Crippen LogP contribution is -2.36. The third-order valence-electron chi connectivity index (χ3n) is 2.78. The fourth-order valence-electron chi connectivity index (χ4n) is 1.75. The minimum absolute atomic E-state index is 0.0901. The first-order valence-electron chi connectivity index (χ1n) is 6.17. The maximum absolute atomic E-state index is 11.9. The lowest BCUT2D eigenvalue weighted by atomic mass is 10.2. The summed E-state index contributed by atoms with van der Waals surface area (Å²) in [6.45, 7) is 1.09. The average molecular weight is 255 g/mol. The number of hydrogen-bond donors (Lipinski definition) is 1. The van der Waals surface area contributed by atoms with Crippen LogP contribution in [0.2, 0.25) is 0 Å². The molecule has 1 N–H and O–H groups in total. The summed E-state index contributed by atoms with van der Waals surface area (Å²) in [4.78, 5) is 17.6. The van der Waals surface area contributed by atoms with Crippen molar-refractivity contribution < 1.29 is 4.79 Å². The molecule has 0 spiro atoms. The van der Waals surface area contributed by atoms with Crippen molar-refractivity contribution in [3.05, 3.63) is 66.0 Å². The fraction of sp³-hybridized carbons (Fsp3) is 0.200. The monoisotopic (exact) mass is 255 g/mol. The van der Waals surface area contributed by atoms with Gasteiger partial charge in [-0.05, 0) is 17.2 Å². The van der Waals surface area contributed by atoms with E-state index >= 15 is 0 Å². The number of urea groups is 1. The number of benzene rings is 1. The highest BCUT2D eigenvalue weighted by atomic mass is 16.2. The third kappa shape index (κ3) is 4.10. The van der Waals surface area contributed by atoms with Crippen molar-refractivity contribution in [1.82, 2.24) is 15.2 Å². The number of amides is 2. The molecule has 4 nitrogen and oxygen atoms in total. The van der Waals surface area contributed by atoms with Gasteiger partial charge in [0.05, 0.1) is 0 Å². The molecule has 0 aliphatic rings. The van der Waals surface area contributed by atoms with Crippen LogP contribution < -0.4 is 5.32 Å². The number of aromatic nitrogens is 1. The number of pyridine rings is 1. The summed E-state index contributed by atoms with van der Waals surface area (Å²) in [6.07, 6.45) is 3.49. The fourth-order valence-corrected chi connectivity index (χ4v) is 1.75. The molecule has 0 unspecified atom stereocenters. The molecule has 0 atom stereocenters. The summed E-state index contributed by atoms with van der Waals surface area (Å²) in [5.74, 6) is 0. The molecule has 2 amide bonds. The quantitative estimate of drug-likeness (QED) is 0.912. The van der Waals surface area contributed by atoms with Crippen LogP contribution in [0.25, 0.3) is 0 Å². The highest BCUT2D eigenvalue weighted by Crippen LogP contribution is 2.02. The summed E-state index contributed by atoms with van der Waals surface area (Å²) in [5.41, 5.74) is 2.10. The van der Waals surface area contributed by atoms with Crippen molar-refractivity contribution in [1.29, 1.82) is 0 Å². The van der Waals surface area contributed by atoms with E-state index in [2.05, 4.69) is 10.3 Å². The Morgan fingerprint density at radius 1 is 1.16 bits per heavy atom. The molecule has 4 heteroatoms. The molecule has 0 saturated carbocycles. The molecule has 2 aromatic rings. The second kappa shape index (κ2) is 6.54. The van der Waals surface area contributed by atoms with Gasteiger partial charge >= 0.3 is 6.03 Å². The minimum atomic E-state index is -0.0901. The van der Waals surface area contributed by atoms with Gasteiger partial charge in [-0.1, -0.05) is 36.4 Å². The average Bonchev–Trinajstić information content (AvgIpc) is 2.47. The molecule has 0 aliphatic heterocycles. The molecule has 0 fully saturated rings. The van der Waals surface area contributed by atoms with Crippen LogP contribution in [0, 0.1) is 0 Å². The van der Waals surface area contributed by atoms with Gasteiger partial charge in [-0.25, -0.2) is 4.79 Å². The van der Waals surface area contributed by atoms with E-state index in [0.717, 1.165) is 11.1 Å². The smallest absolute Gasteiger partial charge is 0.317 e. The lowest BCUT2D eigenvalue weighted by molar-refractivity contribution is 0.206. The number of hydrogen-bond acceptors (Lipinski definition) is 2. The Labute approximate surface area is 113 Å². The van der Waals surface area contributed by atoms with Crippen LogP contribution in [-0.4, -0.2) is 23.0 Å². The summed E-state index contributed by atoms with van der Waals surface area (Å²) in [6, 6.07) is 13.6. The van der Waals surface area contributed by atoms with Crippen molar-refractivity contribution in [2.24, 2.45) is 0 Å². The van der Waals surface area contributed by atoms with Crippen LogP contribution >= 0.6 is 0 Å². The zero-order chi connectivity index (χ0) is 13.5. The Kier molecular flexibility index (Phi) is 4.50. The standard InChI is InChI=1S/C15H17N3O/c1-18(12-14-8-5-9-16-10-14)15(19)17-11-13-6-3-2-4-7-13/h2-10H,11-12H2,1H3,(H,17,19). The molecule has 0 saturated heterocycles. The van der Waals surface area contributed by atoms with E-state index < -0.39 is 0 Å². The molecule has 2 rings (SSSR count). The molecule has 1 aromatic carbocycles. The Hall–Kier alpha value is -2.36. The number of carbonyl (C=O) groups excluding carboxylic acids is 1. The van der Waals surface area contributed by atoms with Crippen molar-refractivity contribution in [3.8, 4) is 0 Å². The van der Waals surface area contributed by atoms with E-state index in [1.165, 1.54) is 0 Å². The summed E-state index contributed by atoms with van der Waals surface area (Å²) in [7, 11) is 1.77. The zero-order valence-electron chi connectivity index (χ0n) is 10.9. The zero-order valence-corrected chi connectivity index (χ0v) is 10.9. The Morgan fingerprint density at radius 3 is 2.58 bits per heavy atom. The highest BCUT2D eigenvalue weighted by molar-refractivity contribution is 5.73. The molecule has 1 aromatic heterocycles. The molecular formula is C15H17N3O. The van der Waals surface area contributed by atoms with Crippen LogP contribution in [-0.2, 0) is 13.1 Å². The molecule has 98 valence electrons. The van der Waals surface area contributed by atoms with E-state index in [4.69, 9.17) is 0 Å². The summed E-state index contributed by atoms with van der Waals surface area (Å²) in [5, 5.41) is 2.89.